The van der Waals surface area contributed by atoms with Gasteiger partial charge in [0.25, 0.3) is 0 Å². The third-order valence-electron chi connectivity index (χ3n) is 3.96. The van der Waals surface area contributed by atoms with Gasteiger partial charge in [-0.3, -0.25) is 0 Å². The van der Waals surface area contributed by atoms with Crippen molar-refractivity contribution in [3.63, 3.8) is 0 Å². The number of benzene rings is 2. The van der Waals surface area contributed by atoms with Gasteiger partial charge in [-0.25, -0.2) is 4.99 Å². The molecule has 2 aromatic rings. The van der Waals surface area contributed by atoms with Crippen molar-refractivity contribution in [2.75, 3.05) is 32.7 Å². The van der Waals surface area contributed by atoms with Gasteiger partial charge in [-0.1, -0.05) is 12.1 Å². The summed E-state index contributed by atoms with van der Waals surface area (Å²) in [6.07, 6.45) is 0. The molecule has 0 aliphatic heterocycles. The maximum absolute atomic E-state index is 5.56. The van der Waals surface area contributed by atoms with Crippen molar-refractivity contribution in [1.82, 2.24) is 5.32 Å². The number of rotatable bonds is 8. The van der Waals surface area contributed by atoms with Crippen molar-refractivity contribution in [2.24, 2.45) is 4.99 Å². The zero-order valence-electron chi connectivity index (χ0n) is 16.8. The molecule has 0 spiro atoms. The molecule has 0 atom stereocenters. The molecule has 0 aliphatic carbocycles. The molecule has 0 saturated carbocycles. The monoisotopic (exact) mass is 371 g/mol. The van der Waals surface area contributed by atoms with Gasteiger partial charge in [-0.2, -0.15) is 0 Å². The van der Waals surface area contributed by atoms with Crippen molar-refractivity contribution < 1.29 is 14.2 Å². The predicted octanol–water partition coefficient (Wildman–Crippen LogP) is 3.99. The quantitative estimate of drug-likeness (QED) is 0.543. The minimum atomic E-state index is 0.542. The molecule has 6 heteroatoms. The predicted molar refractivity (Wildman–Crippen MR) is 110 cm³/mol. The lowest BCUT2D eigenvalue weighted by Crippen LogP contribution is -2.30. The van der Waals surface area contributed by atoms with Crippen LogP contribution in [0, 0.1) is 6.92 Å². The van der Waals surface area contributed by atoms with Crippen molar-refractivity contribution in [2.45, 2.75) is 27.3 Å². The number of hydrogen-bond donors (Lipinski definition) is 2. The first-order valence-corrected chi connectivity index (χ1v) is 9.10. The van der Waals surface area contributed by atoms with E-state index in [0.29, 0.717) is 24.9 Å². The van der Waals surface area contributed by atoms with Crippen molar-refractivity contribution in [3.8, 4) is 17.2 Å². The van der Waals surface area contributed by atoms with Crippen LogP contribution < -0.4 is 24.8 Å². The van der Waals surface area contributed by atoms with Crippen LogP contribution in [-0.2, 0) is 6.54 Å². The number of hydrogen-bond acceptors (Lipinski definition) is 4. The standard InChI is InChI=1S/C21H29N3O3/c1-6-22-21(23-14-16-9-8-15(3)19(12-16)25-4)24-17-10-11-18(27-7-2)20(13-17)26-5/h8-13H,6-7,14H2,1-5H3,(H2,22,23,24). The Balaban J connectivity index is 2.16. The number of anilines is 1. The van der Waals surface area contributed by atoms with Gasteiger partial charge in [0.2, 0.25) is 0 Å². The molecule has 0 saturated heterocycles. The lowest BCUT2D eigenvalue weighted by atomic mass is 10.1. The molecular formula is C21H29N3O3. The normalized spacial score (nSPS) is 11.1. The average Bonchev–Trinajstić information content (AvgIpc) is 2.68. The molecule has 0 amide bonds. The minimum absolute atomic E-state index is 0.542. The van der Waals surface area contributed by atoms with Crippen LogP contribution in [-0.4, -0.2) is 33.3 Å². The summed E-state index contributed by atoms with van der Waals surface area (Å²) in [4.78, 5) is 4.67. The van der Waals surface area contributed by atoms with E-state index in [0.717, 1.165) is 34.9 Å². The molecule has 0 radical (unpaired) electrons. The highest BCUT2D eigenvalue weighted by molar-refractivity contribution is 5.93. The Hall–Kier alpha value is -2.89. The van der Waals surface area contributed by atoms with Crippen LogP contribution in [0.1, 0.15) is 25.0 Å². The highest BCUT2D eigenvalue weighted by Crippen LogP contribution is 2.30. The molecule has 27 heavy (non-hydrogen) atoms. The van der Waals surface area contributed by atoms with Crippen LogP contribution >= 0.6 is 0 Å². The topological polar surface area (TPSA) is 64.1 Å². The molecule has 146 valence electrons. The Bertz CT molecular complexity index is 775. The molecule has 6 nitrogen and oxygen atoms in total. The zero-order chi connectivity index (χ0) is 19.6. The second-order valence-corrected chi connectivity index (χ2v) is 5.92. The fourth-order valence-electron chi connectivity index (χ4n) is 2.60. The number of aliphatic imine (C=N–C) groups is 1. The SMILES string of the molecule is CCNC(=NCc1ccc(C)c(OC)c1)Nc1ccc(OCC)c(OC)c1. The van der Waals surface area contributed by atoms with E-state index in [1.807, 2.05) is 51.1 Å². The van der Waals surface area contributed by atoms with Crippen molar-refractivity contribution in [1.29, 1.82) is 0 Å². The van der Waals surface area contributed by atoms with E-state index in [2.05, 4.69) is 21.7 Å². The summed E-state index contributed by atoms with van der Waals surface area (Å²) in [5, 5.41) is 6.56. The molecule has 0 aliphatic rings. The van der Waals surface area contributed by atoms with Crippen LogP contribution in [0.5, 0.6) is 17.2 Å². The maximum atomic E-state index is 5.56. The molecule has 0 unspecified atom stereocenters. The van der Waals surface area contributed by atoms with E-state index < -0.39 is 0 Å². The lowest BCUT2D eigenvalue weighted by molar-refractivity contribution is 0.311. The molecule has 2 N–H and O–H groups in total. The summed E-state index contributed by atoms with van der Waals surface area (Å²) in [7, 11) is 3.31. The summed E-state index contributed by atoms with van der Waals surface area (Å²) >= 11 is 0. The Morgan fingerprint density at radius 3 is 2.41 bits per heavy atom. The van der Waals surface area contributed by atoms with Gasteiger partial charge < -0.3 is 24.8 Å². The summed E-state index contributed by atoms with van der Waals surface area (Å²) in [5.74, 6) is 2.97. The first-order valence-electron chi connectivity index (χ1n) is 9.10. The molecule has 0 bridgehead atoms. The fourth-order valence-corrected chi connectivity index (χ4v) is 2.60. The molecule has 0 heterocycles. The summed E-state index contributed by atoms with van der Waals surface area (Å²) in [5.41, 5.74) is 3.06. The van der Waals surface area contributed by atoms with Crippen LogP contribution in [0.25, 0.3) is 0 Å². The second-order valence-electron chi connectivity index (χ2n) is 5.92. The number of nitrogens with one attached hydrogen (secondary N) is 2. The number of aryl methyl sites for hydroxylation is 1. The zero-order valence-corrected chi connectivity index (χ0v) is 16.8. The van der Waals surface area contributed by atoms with Crippen molar-refractivity contribution in [3.05, 3.63) is 47.5 Å². The highest BCUT2D eigenvalue weighted by atomic mass is 16.5. The molecule has 0 fully saturated rings. The largest absolute Gasteiger partial charge is 0.496 e. The van der Waals surface area contributed by atoms with Crippen LogP contribution in [0.15, 0.2) is 41.4 Å². The third-order valence-corrected chi connectivity index (χ3v) is 3.96. The van der Waals surface area contributed by atoms with Crippen molar-refractivity contribution >= 4 is 11.6 Å². The fraction of sp³-hybridized carbons (Fsp3) is 0.381. The van der Waals surface area contributed by atoms with E-state index in [4.69, 9.17) is 14.2 Å². The Kier molecular flexibility index (Phi) is 7.79. The lowest BCUT2D eigenvalue weighted by Gasteiger charge is -2.14. The van der Waals surface area contributed by atoms with Gasteiger partial charge in [-0.05, 0) is 50.1 Å². The number of ether oxygens (including phenoxy) is 3. The Labute approximate surface area is 161 Å². The van der Waals surface area contributed by atoms with E-state index >= 15 is 0 Å². The van der Waals surface area contributed by atoms with E-state index in [1.54, 1.807) is 14.2 Å². The molecule has 0 aromatic heterocycles. The molecular weight excluding hydrogens is 342 g/mol. The highest BCUT2D eigenvalue weighted by Gasteiger charge is 2.07. The smallest absolute Gasteiger partial charge is 0.196 e. The number of guanidine groups is 1. The van der Waals surface area contributed by atoms with Gasteiger partial charge in [0.05, 0.1) is 27.4 Å². The van der Waals surface area contributed by atoms with Gasteiger partial charge in [-0.15, -0.1) is 0 Å². The minimum Gasteiger partial charge on any atom is -0.496 e. The Morgan fingerprint density at radius 1 is 0.963 bits per heavy atom. The summed E-state index contributed by atoms with van der Waals surface area (Å²) in [6.45, 7) is 7.90. The van der Waals surface area contributed by atoms with Gasteiger partial charge in [0.1, 0.15) is 5.75 Å². The molecule has 2 rings (SSSR count). The van der Waals surface area contributed by atoms with Crippen LogP contribution in [0.3, 0.4) is 0 Å². The summed E-state index contributed by atoms with van der Waals surface area (Å²) in [6, 6.07) is 11.8. The Morgan fingerprint density at radius 2 is 1.74 bits per heavy atom. The van der Waals surface area contributed by atoms with Gasteiger partial charge in [0.15, 0.2) is 17.5 Å². The first kappa shape index (κ1) is 20.4. The summed E-state index contributed by atoms with van der Waals surface area (Å²) < 4.78 is 16.4. The van der Waals surface area contributed by atoms with Gasteiger partial charge >= 0.3 is 0 Å². The molecule has 2 aromatic carbocycles. The van der Waals surface area contributed by atoms with Gasteiger partial charge in [0, 0.05) is 18.3 Å². The second kappa shape index (κ2) is 10.3. The van der Waals surface area contributed by atoms with Crippen LogP contribution in [0.2, 0.25) is 0 Å². The van der Waals surface area contributed by atoms with E-state index in [9.17, 15) is 0 Å². The number of nitrogens with zero attached hydrogens (tertiary/aromatic N) is 1. The van der Waals surface area contributed by atoms with Crippen LogP contribution in [0.4, 0.5) is 5.69 Å². The maximum Gasteiger partial charge on any atom is 0.196 e. The third kappa shape index (κ3) is 5.81. The first-order chi connectivity index (χ1) is 13.1. The number of methoxy groups -OCH3 is 2. The van der Waals surface area contributed by atoms with E-state index in [-0.39, 0.29) is 0 Å². The average molecular weight is 371 g/mol. The van der Waals surface area contributed by atoms with E-state index in [1.165, 1.54) is 0 Å².